The number of nitrogens with zero attached hydrogens (tertiary/aromatic N) is 3. The van der Waals surface area contributed by atoms with Gasteiger partial charge < -0.3 is 10.1 Å². The first-order valence-corrected chi connectivity index (χ1v) is 7.77. The van der Waals surface area contributed by atoms with Gasteiger partial charge in [-0.05, 0) is 18.1 Å². The van der Waals surface area contributed by atoms with Gasteiger partial charge in [-0.2, -0.15) is 5.26 Å². The first-order chi connectivity index (χ1) is 11.0. The highest BCUT2D eigenvalue weighted by molar-refractivity contribution is 5.64. The van der Waals surface area contributed by atoms with Crippen molar-refractivity contribution in [1.82, 2.24) is 4.90 Å². The molecule has 1 aliphatic rings. The van der Waals surface area contributed by atoms with Gasteiger partial charge in [-0.25, -0.2) is 0 Å². The van der Waals surface area contributed by atoms with Crippen molar-refractivity contribution >= 4 is 11.4 Å². The Kier molecular flexibility index (Phi) is 5.90. The maximum absolute atomic E-state index is 11.2. The summed E-state index contributed by atoms with van der Waals surface area (Å²) in [7, 11) is 0. The molecule has 124 valence electrons. The highest BCUT2D eigenvalue weighted by atomic mass is 16.6. The van der Waals surface area contributed by atoms with Crippen LogP contribution in [0.4, 0.5) is 11.4 Å². The second-order valence-electron chi connectivity index (χ2n) is 5.94. The molecule has 1 heterocycles. The van der Waals surface area contributed by atoms with E-state index in [1.807, 2.05) is 6.07 Å². The van der Waals surface area contributed by atoms with Gasteiger partial charge in [0.15, 0.2) is 0 Å². The van der Waals surface area contributed by atoms with Crippen LogP contribution in [0.15, 0.2) is 18.2 Å². The highest BCUT2D eigenvalue weighted by Gasteiger charge is 2.24. The van der Waals surface area contributed by atoms with Gasteiger partial charge in [0.2, 0.25) is 0 Å². The number of hydrogen-bond acceptors (Lipinski definition) is 6. The summed E-state index contributed by atoms with van der Waals surface area (Å²) in [6.45, 7) is 8.11. The average molecular weight is 318 g/mol. The summed E-state index contributed by atoms with van der Waals surface area (Å²) in [4.78, 5) is 13.1. The lowest BCUT2D eigenvalue weighted by Crippen LogP contribution is -2.49. The van der Waals surface area contributed by atoms with E-state index in [1.54, 1.807) is 12.1 Å². The Morgan fingerprint density at radius 1 is 1.43 bits per heavy atom. The molecule has 0 aromatic heterocycles. The molecule has 2 rings (SSSR count). The molecule has 0 radical (unpaired) electrons. The van der Waals surface area contributed by atoms with Crippen LogP contribution in [0.5, 0.6) is 0 Å². The Morgan fingerprint density at radius 2 is 2.13 bits per heavy atom. The molecule has 23 heavy (non-hydrogen) atoms. The third kappa shape index (κ3) is 4.41. The first-order valence-electron chi connectivity index (χ1n) is 7.77. The van der Waals surface area contributed by atoms with E-state index in [9.17, 15) is 10.1 Å². The van der Waals surface area contributed by atoms with Crippen molar-refractivity contribution in [2.24, 2.45) is 5.92 Å². The summed E-state index contributed by atoms with van der Waals surface area (Å²) >= 11 is 0. The van der Waals surface area contributed by atoms with Gasteiger partial charge >= 0.3 is 0 Å². The minimum Gasteiger partial charge on any atom is -0.379 e. The lowest BCUT2D eigenvalue weighted by Gasteiger charge is -2.37. The summed E-state index contributed by atoms with van der Waals surface area (Å²) < 4.78 is 5.39. The van der Waals surface area contributed by atoms with Crippen LogP contribution in [0, 0.1) is 27.4 Å². The first kappa shape index (κ1) is 17.2. The van der Waals surface area contributed by atoms with Crippen molar-refractivity contribution < 1.29 is 9.66 Å². The quantitative estimate of drug-likeness (QED) is 0.639. The Morgan fingerprint density at radius 3 is 2.70 bits per heavy atom. The molecule has 0 saturated carbocycles. The van der Waals surface area contributed by atoms with Crippen molar-refractivity contribution in [1.29, 1.82) is 5.26 Å². The minimum absolute atomic E-state index is 0.0615. The van der Waals surface area contributed by atoms with Gasteiger partial charge in [0, 0.05) is 31.7 Å². The number of benzene rings is 1. The summed E-state index contributed by atoms with van der Waals surface area (Å²) in [6, 6.07) is 6.71. The Labute approximate surface area is 136 Å². The van der Waals surface area contributed by atoms with E-state index in [-0.39, 0.29) is 17.3 Å². The Hall–Kier alpha value is -2.17. The van der Waals surface area contributed by atoms with Gasteiger partial charge in [-0.1, -0.05) is 13.8 Å². The Balaban J connectivity index is 2.11. The van der Waals surface area contributed by atoms with E-state index in [2.05, 4.69) is 24.1 Å². The molecule has 7 heteroatoms. The van der Waals surface area contributed by atoms with E-state index in [1.165, 1.54) is 6.07 Å². The zero-order chi connectivity index (χ0) is 16.8. The number of nitrogens with one attached hydrogen (secondary N) is 1. The lowest BCUT2D eigenvalue weighted by molar-refractivity contribution is -0.384. The number of nitro benzene ring substituents is 1. The molecular formula is C16H22N4O3. The average Bonchev–Trinajstić information content (AvgIpc) is 2.55. The number of morpholine rings is 1. The second-order valence-corrected chi connectivity index (χ2v) is 5.94. The zero-order valence-electron chi connectivity index (χ0n) is 13.5. The number of rotatable bonds is 6. The molecular weight excluding hydrogens is 296 g/mol. The summed E-state index contributed by atoms with van der Waals surface area (Å²) in [5, 5.41) is 23.3. The monoisotopic (exact) mass is 318 g/mol. The number of ether oxygens (including phenoxy) is 1. The molecule has 0 spiro atoms. The minimum atomic E-state index is -0.456. The van der Waals surface area contributed by atoms with Crippen molar-refractivity contribution in [3.8, 4) is 6.07 Å². The van der Waals surface area contributed by atoms with Crippen molar-refractivity contribution in [3.63, 3.8) is 0 Å². The van der Waals surface area contributed by atoms with Gasteiger partial charge in [0.25, 0.3) is 5.69 Å². The van der Waals surface area contributed by atoms with Crippen molar-refractivity contribution in [2.75, 3.05) is 38.2 Å². The normalized spacial score (nSPS) is 16.8. The van der Waals surface area contributed by atoms with Crippen LogP contribution in [0.2, 0.25) is 0 Å². The molecule has 1 aliphatic heterocycles. The van der Waals surface area contributed by atoms with Gasteiger partial charge in [-0.15, -0.1) is 0 Å². The van der Waals surface area contributed by atoms with Crippen LogP contribution in [0.1, 0.15) is 19.4 Å². The molecule has 1 N–H and O–H groups in total. The van der Waals surface area contributed by atoms with Crippen LogP contribution in [-0.2, 0) is 4.74 Å². The van der Waals surface area contributed by atoms with Gasteiger partial charge in [0.05, 0.1) is 29.8 Å². The SMILES string of the molecule is CC(C)C(CNc1ccc(C#N)cc1[N+](=O)[O-])N1CCOCC1. The fourth-order valence-corrected chi connectivity index (χ4v) is 2.81. The van der Waals surface area contributed by atoms with E-state index in [0.29, 0.717) is 18.2 Å². The van der Waals surface area contributed by atoms with Crippen molar-refractivity contribution in [3.05, 3.63) is 33.9 Å². The third-order valence-corrected chi connectivity index (χ3v) is 4.11. The Bertz CT molecular complexity index is 591. The maximum atomic E-state index is 11.2. The lowest BCUT2D eigenvalue weighted by atomic mass is 10.0. The molecule has 1 atom stereocenters. The second kappa shape index (κ2) is 7.90. The maximum Gasteiger partial charge on any atom is 0.293 e. The van der Waals surface area contributed by atoms with Gasteiger partial charge in [-0.3, -0.25) is 15.0 Å². The fourth-order valence-electron chi connectivity index (χ4n) is 2.81. The standard InChI is InChI=1S/C16H22N4O3/c1-12(2)16(19-5-7-23-8-6-19)11-18-14-4-3-13(10-17)9-15(14)20(21)22/h3-4,9,12,16,18H,5-8,11H2,1-2H3. The molecule has 1 aromatic rings. The molecule has 0 bridgehead atoms. The fraction of sp³-hybridized carbons (Fsp3) is 0.562. The van der Waals surface area contributed by atoms with Gasteiger partial charge in [0.1, 0.15) is 5.69 Å². The molecule has 7 nitrogen and oxygen atoms in total. The molecule has 1 unspecified atom stereocenters. The largest absolute Gasteiger partial charge is 0.379 e. The molecule has 0 amide bonds. The summed E-state index contributed by atoms with van der Waals surface area (Å²) in [5.74, 6) is 0.415. The van der Waals surface area contributed by atoms with Crippen LogP contribution >= 0.6 is 0 Å². The van der Waals surface area contributed by atoms with E-state index < -0.39 is 4.92 Å². The molecule has 1 fully saturated rings. The number of nitro groups is 1. The van der Waals surface area contributed by atoms with Crippen molar-refractivity contribution in [2.45, 2.75) is 19.9 Å². The smallest absolute Gasteiger partial charge is 0.293 e. The van der Waals surface area contributed by atoms with E-state index in [4.69, 9.17) is 10.00 Å². The number of anilines is 1. The summed E-state index contributed by atoms with van der Waals surface area (Å²) in [6.07, 6.45) is 0. The number of hydrogen-bond donors (Lipinski definition) is 1. The van der Waals surface area contributed by atoms with E-state index in [0.717, 1.165) is 26.3 Å². The van der Waals surface area contributed by atoms with Crippen LogP contribution in [0.25, 0.3) is 0 Å². The topological polar surface area (TPSA) is 91.4 Å². The molecule has 1 aromatic carbocycles. The predicted molar refractivity (Wildman–Crippen MR) is 87.3 cm³/mol. The highest BCUT2D eigenvalue weighted by Crippen LogP contribution is 2.26. The third-order valence-electron chi connectivity index (χ3n) is 4.11. The van der Waals surface area contributed by atoms with Crippen LogP contribution in [-0.4, -0.2) is 48.7 Å². The van der Waals surface area contributed by atoms with Crippen LogP contribution in [0.3, 0.4) is 0 Å². The zero-order valence-corrected chi connectivity index (χ0v) is 13.5. The van der Waals surface area contributed by atoms with Crippen LogP contribution < -0.4 is 5.32 Å². The van der Waals surface area contributed by atoms with E-state index >= 15 is 0 Å². The molecule has 0 aliphatic carbocycles. The number of nitriles is 1. The predicted octanol–water partition coefficient (Wildman–Crippen LogP) is 2.24. The summed E-state index contributed by atoms with van der Waals surface area (Å²) in [5.41, 5.74) is 0.678. The molecule has 1 saturated heterocycles.